The number of anilines is 1. The fraction of sp³-hybridized carbons (Fsp3) is 0.500. The summed E-state index contributed by atoms with van der Waals surface area (Å²) in [4.78, 5) is 0. The fourth-order valence-corrected chi connectivity index (χ4v) is 3.68. The highest BCUT2D eigenvalue weighted by atomic mass is 127. The first-order chi connectivity index (χ1) is 13.7. The number of unbranched alkanes of at least 4 members (excludes halogenated alkanes) is 6. The van der Waals surface area contributed by atoms with Gasteiger partial charge in [-0.15, -0.1) is 0 Å². The summed E-state index contributed by atoms with van der Waals surface area (Å²) in [6, 6.07) is 16.6. The monoisotopic (exact) mass is 497 g/mol. The van der Waals surface area contributed by atoms with E-state index in [1.165, 1.54) is 40.4 Å². The Morgan fingerprint density at radius 2 is 1.07 bits per heavy atom. The molecule has 0 saturated heterocycles. The lowest BCUT2D eigenvalue weighted by Crippen LogP contribution is -1.94. The number of aryl methyl sites for hydroxylation is 2. The highest BCUT2D eigenvalue weighted by Crippen LogP contribution is 2.15. The standard InChI is InChI=1S/C12H17IO.C12H19NO/c2*13-12-9-5-4-8-11(12)7-3-1-2-6-10-14/h4-5,8-9,14H,1-3,6-7,10H2;4-5,8-9,14H,1-3,6-7,10,13H2. The van der Waals surface area contributed by atoms with Crippen molar-refractivity contribution in [1.29, 1.82) is 0 Å². The molecule has 0 bridgehead atoms. The van der Waals surface area contributed by atoms with Crippen molar-refractivity contribution in [1.82, 2.24) is 0 Å². The molecule has 2 aromatic carbocycles. The number of benzene rings is 2. The van der Waals surface area contributed by atoms with Gasteiger partial charge in [0.25, 0.3) is 0 Å². The summed E-state index contributed by atoms with van der Waals surface area (Å²) in [6.07, 6.45) is 11.2. The van der Waals surface area contributed by atoms with Gasteiger partial charge >= 0.3 is 0 Å². The van der Waals surface area contributed by atoms with Crippen LogP contribution in [0.15, 0.2) is 48.5 Å². The van der Waals surface area contributed by atoms with Gasteiger partial charge in [0.2, 0.25) is 0 Å². The number of hydrogen-bond donors (Lipinski definition) is 3. The maximum absolute atomic E-state index is 8.63. The van der Waals surface area contributed by atoms with Gasteiger partial charge in [0.1, 0.15) is 0 Å². The summed E-state index contributed by atoms with van der Waals surface area (Å²) >= 11 is 2.39. The van der Waals surface area contributed by atoms with Crippen LogP contribution in [0, 0.1) is 3.57 Å². The summed E-state index contributed by atoms with van der Waals surface area (Å²) in [6.45, 7) is 0.649. The van der Waals surface area contributed by atoms with Crippen LogP contribution in [0.25, 0.3) is 0 Å². The zero-order valence-corrected chi connectivity index (χ0v) is 19.1. The number of rotatable bonds is 12. The molecule has 0 radical (unpaired) electrons. The maximum atomic E-state index is 8.63. The Balaban J connectivity index is 0.000000280. The minimum absolute atomic E-state index is 0.313. The van der Waals surface area contributed by atoms with Crippen LogP contribution < -0.4 is 5.73 Å². The third kappa shape index (κ3) is 11.7. The Morgan fingerprint density at radius 1 is 0.607 bits per heavy atom. The van der Waals surface area contributed by atoms with Crippen molar-refractivity contribution < 1.29 is 10.2 Å². The molecule has 0 saturated carbocycles. The van der Waals surface area contributed by atoms with Crippen LogP contribution in [0.5, 0.6) is 0 Å². The lowest BCUT2D eigenvalue weighted by atomic mass is 10.0. The first-order valence-electron chi connectivity index (χ1n) is 10.5. The van der Waals surface area contributed by atoms with E-state index in [9.17, 15) is 0 Å². The Morgan fingerprint density at radius 3 is 1.61 bits per heavy atom. The number of hydrogen-bond acceptors (Lipinski definition) is 3. The van der Waals surface area contributed by atoms with Gasteiger partial charge in [0.15, 0.2) is 0 Å². The lowest BCUT2D eigenvalue weighted by Gasteiger charge is -2.04. The van der Waals surface area contributed by atoms with Gasteiger partial charge in [0.05, 0.1) is 0 Å². The summed E-state index contributed by atoms with van der Waals surface area (Å²) in [5.74, 6) is 0. The van der Waals surface area contributed by atoms with Gasteiger partial charge in [-0.1, -0.05) is 62.1 Å². The Labute approximate surface area is 184 Å². The van der Waals surface area contributed by atoms with Gasteiger partial charge in [0, 0.05) is 22.5 Å². The minimum Gasteiger partial charge on any atom is -0.399 e. The number of para-hydroxylation sites is 1. The van der Waals surface area contributed by atoms with E-state index in [1.807, 2.05) is 18.2 Å². The highest BCUT2D eigenvalue weighted by molar-refractivity contribution is 14.1. The number of nitrogens with two attached hydrogens (primary N) is 1. The quantitative estimate of drug-likeness (QED) is 0.199. The average molecular weight is 497 g/mol. The van der Waals surface area contributed by atoms with Crippen molar-refractivity contribution in [3.63, 3.8) is 0 Å². The van der Waals surface area contributed by atoms with Crippen LogP contribution in [-0.2, 0) is 12.8 Å². The first kappa shape index (κ1) is 24.9. The lowest BCUT2D eigenvalue weighted by molar-refractivity contribution is 0.282. The number of nitrogen functional groups attached to an aromatic ring is 1. The van der Waals surface area contributed by atoms with E-state index in [0.717, 1.165) is 44.2 Å². The summed E-state index contributed by atoms with van der Waals surface area (Å²) < 4.78 is 1.37. The topological polar surface area (TPSA) is 66.5 Å². The molecule has 2 aromatic rings. The molecule has 0 aliphatic heterocycles. The normalized spacial score (nSPS) is 10.4. The number of aliphatic hydroxyl groups excluding tert-OH is 2. The number of aliphatic hydroxyl groups is 2. The van der Waals surface area contributed by atoms with E-state index in [-0.39, 0.29) is 0 Å². The van der Waals surface area contributed by atoms with Crippen LogP contribution in [0.1, 0.15) is 62.5 Å². The second-order valence-electron chi connectivity index (χ2n) is 7.07. The molecule has 0 aromatic heterocycles. The van der Waals surface area contributed by atoms with Crippen LogP contribution in [0.2, 0.25) is 0 Å². The molecule has 3 nitrogen and oxygen atoms in total. The Hall–Kier alpha value is -1.11. The predicted octanol–water partition coefficient (Wildman–Crippen LogP) is 5.75. The first-order valence-corrected chi connectivity index (χ1v) is 11.6. The minimum atomic E-state index is 0.313. The molecule has 0 amide bonds. The third-order valence-corrected chi connectivity index (χ3v) is 5.77. The molecular weight excluding hydrogens is 461 g/mol. The van der Waals surface area contributed by atoms with Crippen molar-refractivity contribution in [2.24, 2.45) is 0 Å². The smallest absolute Gasteiger partial charge is 0.0431 e. The van der Waals surface area contributed by atoms with Crippen LogP contribution in [-0.4, -0.2) is 23.4 Å². The van der Waals surface area contributed by atoms with Crippen molar-refractivity contribution in [2.75, 3.05) is 18.9 Å². The second kappa shape index (κ2) is 16.8. The molecule has 0 spiro atoms. The van der Waals surface area contributed by atoms with Crippen molar-refractivity contribution in [3.05, 3.63) is 63.2 Å². The highest BCUT2D eigenvalue weighted by Gasteiger charge is 1.98. The van der Waals surface area contributed by atoms with Gasteiger partial charge < -0.3 is 15.9 Å². The van der Waals surface area contributed by atoms with E-state index >= 15 is 0 Å². The molecule has 2 rings (SSSR count). The molecule has 0 fully saturated rings. The zero-order valence-electron chi connectivity index (χ0n) is 17.0. The van der Waals surface area contributed by atoms with Crippen molar-refractivity contribution >= 4 is 28.3 Å². The summed E-state index contributed by atoms with van der Waals surface area (Å²) in [7, 11) is 0. The molecular formula is C24H36INO2. The van der Waals surface area contributed by atoms with Crippen LogP contribution in [0.4, 0.5) is 5.69 Å². The summed E-state index contributed by atoms with van der Waals surface area (Å²) in [5.41, 5.74) is 9.42. The van der Waals surface area contributed by atoms with Gasteiger partial charge in [-0.3, -0.25) is 0 Å². The summed E-state index contributed by atoms with van der Waals surface area (Å²) in [5, 5.41) is 17.2. The molecule has 28 heavy (non-hydrogen) atoms. The van der Waals surface area contributed by atoms with Crippen molar-refractivity contribution in [3.8, 4) is 0 Å². The second-order valence-corrected chi connectivity index (χ2v) is 8.23. The molecule has 0 aliphatic rings. The van der Waals surface area contributed by atoms with Gasteiger partial charge in [-0.05, 0) is 84.4 Å². The molecule has 4 heteroatoms. The molecule has 156 valence electrons. The maximum Gasteiger partial charge on any atom is 0.0431 e. The van der Waals surface area contributed by atoms with E-state index in [1.54, 1.807) is 0 Å². The predicted molar refractivity (Wildman–Crippen MR) is 129 cm³/mol. The van der Waals surface area contributed by atoms with E-state index in [0.29, 0.717) is 13.2 Å². The Kier molecular flexibility index (Phi) is 15.0. The fourth-order valence-electron chi connectivity index (χ4n) is 3.02. The largest absolute Gasteiger partial charge is 0.399 e. The Bertz CT molecular complexity index is 578. The van der Waals surface area contributed by atoms with E-state index < -0.39 is 0 Å². The molecule has 0 atom stereocenters. The molecule has 0 unspecified atom stereocenters. The van der Waals surface area contributed by atoms with Crippen LogP contribution in [0.3, 0.4) is 0 Å². The van der Waals surface area contributed by atoms with E-state index in [2.05, 4.69) is 52.9 Å². The van der Waals surface area contributed by atoms with Gasteiger partial charge in [-0.2, -0.15) is 0 Å². The van der Waals surface area contributed by atoms with Crippen LogP contribution >= 0.6 is 22.6 Å². The molecule has 4 N–H and O–H groups in total. The number of halogens is 1. The molecule has 0 heterocycles. The van der Waals surface area contributed by atoms with Crippen molar-refractivity contribution in [2.45, 2.75) is 64.2 Å². The average Bonchev–Trinajstić information content (AvgIpc) is 2.71. The third-order valence-electron chi connectivity index (χ3n) is 4.72. The van der Waals surface area contributed by atoms with E-state index in [4.69, 9.17) is 15.9 Å². The SMILES string of the molecule is Nc1ccccc1CCCCCCO.OCCCCCCc1ccccc1I. The zero-order chi connectivity index (χ0) is 20.5. The molecule has 0 aliphatic carbocycles. The van der Waals surface area contributed by atoms with Gasteiger partial charge in [-0.25, -0.2) is 0 Å².